The van der Waals surface area contributed by atoms with Gasteiger partial charge in [0.1, 0.15) is 6.04 Å². The average molecular weight is 861 g/mol. The molecule has 3 aromatic carbocycles. The van der Waals surface area contributed by atoms with Crippen LogP contribution in [0.2, 0.25) is 0 Å². The highest BCUT2D eigenvalue weighted by atomic mass is 16.2. The number of para-hydroxylation sites is 2. The Kier molecular flexibility index (Phi) is 10.7. The molecule has 7 heterocycles. The Morgan fingerprint density at radius 2 is 1.50 bits per heavy atom. The molecule has 0 aliphatic carbocycles. The number of nitrogens with one attached hydrogen (secondary N) is 4. The van der Waals surface area contributed by atoms with Crippen molar-refractivity contribution in [1.82, 2.24) is 50.4 Å². The van der Waals surface area contributed by atoms with Gasteiger partial charge in [-0.2, -0.15) is 0 Å². The third-order valence-electron chi connectivity index (χ3n) is 12.4. The Bertz CT molecular complexity index is 2930. The summed E-state index contributed by atoms with van der Waals surface area (Å²) in [4.78, 5) is 95.6. The number of benzene rings is 3. The first-order valence-corrected chi connectivity index (χ1v) is 21.6. The minimum absolute atomic E-state index is 0.0691. The minimum Gasteiger partial charge on any atom is -0.385 e. The van der Waals surface area contributed by atoms with Crippen LogP contribution in [0.15, 0.2) is 79.1 Å². The van der Waals surface area contributed by atoms with Gasteiger partial charge in [0.25, 0.3) is 23.6 Å². The van der Waals surface area contributed by atoms with Crippen LogP contribution in [-0.2, 0) is 32.1 Å². The predicted octanol–water partition coefficient (Wildman–Crippen LogP) is 3.32. The van der Waals surface area contributed by atoms with E-state index in [-0.39, 0.29) is 29.5 Å². The molecule has 64 heavy (non-hydrogen) atoms. The zero-order valence-electron chi connectivity index (χ0n) is 34.8. The number of hydrogen-bond acceptors (Lipinski definition) is 13. The molecule has 0 spiro atoms. The zero-order chi connectivity index (χ0) is 43.9. The molecule has 18 nitrogen and oxygen atoms in total. The van der Waals surface area contributed by atoms with Gasteiger partial charge >= 0.3 is 0 Å². The maximum absolute atomic E-state index is 13.5. The molecule has 3 aromatic heterocycles. The fraction of sp³-hybridized carbons (Fsp3) is 0.304. The van der Waals surface area contributed by atoms with Crippen LogP contribution in [0.25, 0.3) is 33.0 Å². The highest BCUT2D eigenvalue weighted by Crippen LogP contribution is 2.37. The number of imide groups is 3. The number of piperidine rings is 1. The van der Waals surface area contributed by atoms with Crippen molar-refractivity contribution in [3.8, 4) is 0 Å². The first-order valence-electron chi connectivity index (χ1n) is 21.6. The molecule has 2 fully saturated rings. The van der Waals surface area contributed by atoms with Crippen LogP contribution in [0.1, 0.15) is 69.8 Å². The monoisotopic (exact) mass is 860 g/mol. The van der Waals surface area contributed by atoms with E-state index in [1.807, 2.05) is 59.4 Å². The molecule has 10 rings (SSSR count). The van der Waals surface area contributed by atoms with E-state index in [9.17, 15) is 28.8 Å². The molecule has 1 atom stereocenters. The van der Waals surface area contributed by atoms with Crippen molar-refractivity contribution in [2.24, 2.45) is 0 Å². The smallest absolute Gasteiger partial charge is 0.262 e. The molecule has 4 aliphatic heterocycles. The number of nitrogens with zero attached hydrogens (tertiary/aromatic N) is 8. The highest BCUT2D eigenvalue weighted by Gasteiger charge is 2.44. The van der Waals surface area contributed by atoms with Gasteiger partial charge in [-0.3, -0.25) is 53.9 Å². The number of fused-ring (bicyclic) bond motifs is 3. The number of aryl methyl sites for hydroxylation is 1. The lowest BCUT2D eigenvalue weighted by molar-refractivity contribution is -0.136. The number of unbranched alkanes of at least 4 members (excludes halogenated alkanes) is 2. The minimum atomic E-state index is -1.00. The van der Waals surface area contributed by atoms with Crippen LogP contribution in [0.4, 0.5) is 11.6 Å². The first kappa shape index (κ1) is 40.5. The van der Waals surface area contributed by atoms with E-state index in [4.69, 9.17) is 9.97 Å². The van der Waals surface area contributed by atoms with Crippen molar-refractivity contribution in [3.63, 3.8) is 0 Å². The van der Waals surface area contributed by atoms with Crippen LogP contribution in [-0.4, -0.2) is 120 Å². The summed E-state index contributed by atoms with van der Waals surface area (Å²) in [5.74, 6) is -2.51. The van der Waals surface area contributed by atoms with Crippen molar-refractivity contribution in [1.29, 1.82) is 0 Å². The summed E-state index contributed by atoms with van der Waals surface area (Å²) in [5, 5.41) is 18.2. The largest absolute Gasteiger partial charge is 0.385 e. The average Bonchev–Trinajstić information content (AvgIpc) is 4.07. The molecule has 0 saturated carbocycles. The van der Waals surface area contributed by atoms with E-state index in [2.05, 4.69) is 41.0 Å². The van der Waals surface area contributed by atoms with Gasteiger partial charge in [0.15, 0.2) is 0 Å². The number of carbonyl (C=O) groups excluding carboxylic acids is 6. The summed E-state index contributed by atoms with van der Waals surface area (Å²) in [6, 6.07) is 19.2. The Morgan fingerprint density at radius 3 is 2.34 bits per heavy atom. The molecule has 1 unspecified atom stereocenters. The number of piperazine rings is 1. The number of anilines is 2. The highest BCUT2D eigenvalue weighted by molar-refractivity contribution is 6.50. The number of carbonyl (C=O) groups is 6. The maximum Gasteiger partial charge on any atom is 0.262 e. The van der Waals surface area contributed by atoms with Crippen molar-refractivity contribution in [2.75, 3.05) is 49.5 Å². The van der Waals surface area contributed by atoms with Gasteiger partial charge in [0.2, 0.25) is 17.8 Å². The fourth-order valence-corrected chi connectivity index (χ4v) is 9.05. The second kappa shape index (κ2) is 16.9. The first-order chi connectivity index (χ1) is 31.2. The van der Waals surface area contributed by atoms with Crippen molar-refractivity contribution < 1.29 is 28.8 Å². The Hall–Kier alpha value is -7.60. The van der Waals surface area contributed by atoms with Gasteiger partial charge in [-0.05, 0) is 56.1 Å². The normalized spacial score (nSPS) is 18.2. The molecule has 0 bridgehead atoms. The van der Waals surface area contributed by atoms with Crippen LogP contribution in [0.3, 0.4) is 0 Å². The molecule has 324 valence electrons. The van der Waals surface area contributed by atoms with Crippen LogP contribution in [0, 0.1) is 0 Å². The quantitative estimate of drug-likeness (QED) is 0.0914. The number of H-pyrrole nitrogens is 1. The topological polar surface area (TPSA) is 221 Å². The molecular formula is C46H44N12O6. The number of aromatic amines is 1. The Balaban J connectivity index is 0.693. The van der Waals surface area contributed by atoms with Crippen molar-refractivity contribution in [2.45, 2.75) is 51.1 Å². The standard InChI is InChI=1S/C46H44N12O6/c59-37-15-14-36(41(60)50-37)58-44(63)30-13-12-27(24-32(30)45(58)64)47-17-16-28-26-57(54-53-28)19-7-1-6-18-55-20-22-56(23-21-55)46-49-35-11-5-3-9-31(35)40(51-46)39-38(42(61)52-43(39)62)33-25-48-34-10-4-2-8-29(33)34/h2-5,8-13,24-26,36,47-48H,1,6-7,14-23H2,(H,50,59,60)(H,52,61,62). The number of aromatic nitrogens is 6. The summed E-state index contributed by atoms with van der Waals surface area (Å²) in [6.07, 6.45) is 7.52. The summed E-state index contributed by atoms with van der Waals surface area (Å²) < 4.78 is 1.86. The molecular weight excluding hydrogens is 817 g/mol. The summed E-state index contributed by atoms with van der Waals surface area (Å²) in [6.45, 7) is 5.38. The maximum atomic E-state index is 13.5. The van der Waals surface area contributed by atoms with E-state index >= 15 is 0 Å². The number of hydrogen-bond donors (Lipinski definition) is 4. The number of rotatable bonds is 14. The molecule has 2 saturated heterocycles. The molecule has 4 aliphatic rings. The van der Waals surface area contributed by atoms with Gasteiger partial charge in [-0.1, -0.05) is 48.0 Å². The van der Waals surface area contributed by atoms with Gasteiger partial charge in [0.05, 0.1) is 39.2 Å². The Morgan fingerprint density at radius 1 is 0.734 bits per heavy atom. The van der Waals surface area contributed by atoms with Crippen LogP contribution in [0.5, 0.6) is 0 Å². The van der Waals surface area contributed by atoms with Crippen molar-refractivity contribution in [3.05, 3.63) is 107 Å². The van der Waals surface area contributed by atoms with E-state index in [1.54, 1.807) is 24.4 Å². The van der Waals surface area contributed by atoms with Crippen molar-refractivity contribution >= 4 is 80.0 Å². The number of amides is 6. The SMILES string of the molecule is O=C1CCC(N2C(=O)c3ccc(NCCc4cn(CCCCCN5CCN(c6nc(C7=C(c8c[nH]c9ccccc89)C(=O)NC7=O)c7ccccc7n6)CC5)nn4)cc3C2=O)C(=O)N1. The second-order valence-corrected chi connectivity index (χ2v) is 16.4. The molecule has 4 N–H and O–H groups in total. The van der Waals surface area contributed by atoms with Gasteiger partial charge in [-0.25, -0.2) is 9.97 Å². The zero-order valence-corrected chi connectivity index (χ0v) is 34.8. The lowest BCUT2D eigenvalue weighted by Crippen LogP contribution is -2.54. The van der Waals surface area contributed by atoms with E-state index < -0.39 is 41.5 Å². The van der Waals surface area contributed by atoms with Crippen LogP contribution >= 0.6 is 0 Å². The van der Waals surface area contributed by atoms with E-state index in [0.717, 1.165) is 80.0 Å². The molecule has 18 heteroatoms. The molecule has 6 aromatic rings. The second-order valence-electron chi connectivity index (χ2n) is 16.4. The molecule has 6 amide bonds. The lowest BCUT2D eigenvalue weighted by Gasteiger charge is -2.35. The fourth-order valence-electron chi connectivity index (χ4n) is 9.05. The summed E-state index contributed by atoms with van der Waals surface area (Å²) >= 11 is 0. The van der Waals surface area contributed by atoms with Gasteiger partial charge in [-0.15, -0.1) is 5.10 Å². The Labute approximate surface area is 366 Å². The van der Waals surface area contributed by atoms with Crippen LogP contribution < -0.4 is 20.9 Å². The van der Waals surface area contributed by atoms with Gasteiger partial charge in [0, 0.05) is 92.0 Å². The summed E-state index contributed by atoms with van der Waals surface area (Å²) in [7, 11) is 0. The van der Waals surface area contributed by atoms with Gasteiger partial charge < -0.3 is 15.2 Å². The third kappa shape index (κ3) is 7.65. The van der Waals surface area contributed by atoms with E-state index in [1.165, 1.54) is 0 Å². The predicted molar refractivity (Wildman–Crippen MR) is 236 cm³/mol. The third-order valence-corrected chi connectivity index (χ3v) is 12.4. The lowest BCUT2D eigenvalue weighted by atomic mass is 9.97. The molecule has 0 radical (unpaired) electrons. The summed E-state index contributed by atoms with van der Waals surface area (Å²) in [5.41, 5.74) is 5.18. The van der Waals surface area contributed by atoms with E-state index in [0.29, 0.717) is 52.3 Å².